The molecule has 38 heavy (non-hydrogen) atoms. The summed E-state index contributed by atoms with van der Waals surface area (Å²) in [6.45, 7) is -1.16. The van der Waals surface area contributed by atoms with E-state index in [1.807, 2.05) is 0 Å². The van der Waals surface area contributed by atoms with Gasteiger partial charge in [0.05, 0.1) is 12.2 Å². The van der Waals surface area contributed by atoms with Gasteiger partial charge in [0.2, 0.25) is 0 Å². The van der Waals surface area contributed by atoms with Crippen LogP contribution < -0.4 is 11.2 Å². The fourth-order valence-corrected chi connectivity index (χ4v) is 6.02. The summed E-state index contributed by atoms with van der Waals surface area (Å²) < 4.78 is 73.1. The molecule has 2 heterocycles. The molecule has 1 saturated heterocycles. The van der Waals surface area contributed by atoms with Gasteiger partial charge in [-0.15, -0.1) is 0 Å². The number of alkyl halides is 3. The molecule has 0 spiro atoms. The lowest BCUT2D eigenvalue weighted by atomic mass is 10.1. The van der Waals surface area contributed by atoms with E-state index in [-0.39, 0.29) is 17.7 Å². The summed E-state index contributed by atoms with van der Waals surface area (Å²) in [5, 5.41) is 24.3. The van der Waals surface area contributed by atoms with Crippen molar-refractivity contribution in [2.75, 3.05) is 12.5 Å². The Kier molecular flexibility index (Phi) is 9.08. The molecule has 5 atom stereocenters. The highest BCUT2D eigenvalue weighted by molar-refractivity contribution is 7.70. The zero-order valence-electron chi connectivity index (χ0n) is 19.5. The maximum absolute atomic E-state index is 12.8. The standard InChI is InChI=1S/C19H24F3N3O11P2/c1-24-14(23-34-8-11-3-2-4-12(7-11)19(20,21)22)5-6-25(18(24)28)17-16(27)15(26)13(36-17)9-35-38(32,33)10-37(29,30)31/h2-7,13,15-17,26-27H,8-10H2,1H3,(H,32,33)(H2,29,30,31)/t13-,15-,16-,17-/m1/s1. The van der Waals surface area contributed by atoms with E-state index >= 15 is 0 Å². The number of halogens is 3. The Bertz CT molecular complexity index is 1370. The molecule has 3 rings (SSSR count). The summed E-state index contributed by atoms with van der Waals surface area (Å²) in [5.74, 6) is -1.47. The fourth-order valence-electron chi connectivity index (χ4n) is 3.45. The van der Waals surface area contributed by atoms with Crippen LogP contribution in [0.1, 0.15) is 17.4 Å². The SMILES string of the molecule is Cn1c(=NOCc2cccc(C(F)(F)F)c2)ccn([C@@H]2O[C@H](COP(=O)(O)CP(=O)(O)O)[C@@H](O)[C@H]2O)c1=O. The van der Waals surface area contributed by atoms with Gasteiger partial charge in [-0.25, -0.2) is 4.79 Å². The first-order valence-electron chi connectivity index (χ1n) is 10.6. The van der Waals surface area contributed by atoms with Gasteiger partial charge < -0.3 is 39.0 Å². The zero-order chi connectivity index (χ0) is 28.5. The highest BCUT2D eigenvalue weighted by atomic mass is 31.2. The van der Waals surface area contributed by atoms with Gasteiger partial charge in [-0.05, 0) is 17.7 Å². The van der Waals surface area contributed by atoms with Crippen LogP contribution in [-0.4, -0.2) is 64.8 Å². The second kappa shape index (κ2) is 11.4. The number of aromatic nitrogens is 2. The average Bonchev–Trinajstić information content (AvgIpc) is 3.07. The molecule has 1 aromatic carbocycles. The first kappa shape index (κ1) is 30.2. The average molecular weight is 589 g/mol. The summed E-state index contributed by atoms with van der Waals surface area (Å²) >= 11 is 0. The van der Waals surface area contributed by atoms with Gasteiger partial charge in [-0.3, -0.25) is 18.3 Å². The third-order valence-corrected chi connectivity index (χ3v) is 8.75. The molecule has 2 aromatic rings. The van der Waals surface area contributed by atoms with Crippen molar-refractivity contribution >= 4 is 15.2 Å². The Labute approximate surface area is 211 Å². The Hall–Kier alpha value is -2.33. The van der Waals surface area contributed by atoms with E-state index in [0.717, 1.165) is 27.5 Å². The first-order valence-corrected chi connectivity index (χ1v) is 14.2. The molecule has 1 aromatic heterocycles. The predicted octanol–water partition coefficient (Wildman–Crippen LogP) is 0.194. The van der Waals surface area contributed by atoms with Crippen molar-refractivity contribution in [3.63, 3.8) is 0 Å². The highest BCUT2D eigenvalue weighted by Crippen LogP contribution is 2.55. The van der Waals surface area contributed by atoms with Crippen molar-refractivity contribution in [1.29, 1.82) is 0 Å². The molecule has 0 bridgehead atoms. The van der Waals surface area contributed by atoms with Crippen LogP contribution in [0.25, 0.3) is 0 Å². The molecule has 19 heteroatoms. The number of aliphatic hydroxyl groups is 2. The molecule has 5 N–H and O–H groups in total. The molecule has 14 nitrogen and oxygen atoms in total. The van der Waals surface area contributed by atoms with Crippen molar-refractivity contribution in [2.24, 2.45) is 12.2 Å². The maximum atomic E-state index is 12.8. The summed E-state index contributed by atoms with van der Waals surface area (Å²) in [5.41, 5.74) is -1.56. The minimum Gasteiger partial charge on any atom is -0.389 e. The number of aliphatic hydroxyl groups excluding tert-OH is 2. The predicted molar refractivity (Wildman–Crippen MR) is 120 cm³/mol. The zero-order valence-corrected chi connectivity index (χ0v) is 21.2. The van der Waals surface area contributed by atoms with E-state index in [2.05, 4.69) is 9.68 Å². The normalized spacial score (nSPS) is 24.4. The molecule has 0 radical (unpaired) electrons. The monoisotopic (exact) mass is 589 g/mol. The van der Waals surface area contributed by atoms with E-state index in [0.29, 0.717) is 0 Å². The molecule has 0 saturated carbocycles. The molecule has 0 amide bonds. The van der Waals surface area contributed by atoms with E-state index in [1.165, 1.54) is 25.2 Å². The Balaban J connectivity index is 1.71. The molecule has 1 aliphatic rings. The Morgan fingerprint density at radius 3 is 2.45 bits per heavy atom. The number of nitrogens with zero attached hydrogens (tertiary/aromatic N) is 3. The number of ether oxygens (including phenoxy) is 1. The van der Waals surface area contributed by atoms with Gasteiger partial charge in [0.25, 0.3) is 0 Å². The molecular formula is C19H24F3N3O11P2. The van der Waals surface area contributed by atoms with Crippen LogP contribution in [0.2, 0.25) is 0 Å². The van der Waals surface area contributed by atoms with Crippen LogP contribution >= 0.6 is 15.2 Å². The number of hydrogen-bond acceptors (Lipinski definition) is 9. The molecule has 1 unspecified atom stereocenters. The lowest BCUT2D eigenvalue weighted by Gasteiger charge is -2.19. The molecule has 0 aliphatic carbocycles. The molecule has 212 valence electrons. The van der Waals surface area contributed by atoms with Gasteiger partial charge in [-0.1, -0.05) is 17.3 Å². The van der Waals surface area contributed by atoms with Gasteiger partial charge in [0.1, 0.15) is 24.9 Å². The van der Waals surface area contributed by atoms with Crippen molar-refractivity contribution in [3.8, 4) is 0 Å². The van der Waals surface area contributed by atoms with Gasteiger partial charge >= 0.3 is 27.1 Å². The lowest BCUT2D eigenvalue weighted by Crippen LogP contribution is -2.42. The summed E-state index contributed by atoms with van der Waals surface area (Å²) in [6, 6.07) is 5.65. The van der Waals surface area contributed by atoms with Crippen LogP contribution in [-0.2, 0) is 43.1 Å². The topological polar surface area (TPSA) is 202 Å². The van der Waals surface area contributed by atoms with Crippen LogP contribution in [0.4, 0.5) is 13.2 Å². The number of hydrogen-bond donors (Lipinski definition) is 5. The van der Waals surface area contributed by atoms with E-state index in [4.69, 9.17) is 19.4 Å². The van der Waals surface area contributed by atoms with Gasteiger partial charge in [-0.2, -0.15) is 13.2 Å². The van der Waals surface area contributed by atoms with E-state index < -0.39 is 69.7 Å². The summed E-state index contributed by atoms with van der Waals surface area (Å²) in [6.07, 6.45) is -9.74. The third kappa shape index (κ3) is 7.62. The lowest BCUT2D eigenvalue weighted by molar-refractivity contribution is -0.137. The van der Waals surface area contributed by atoms with Crippen molar-refractivity contribution < 1.29 is 61.3 Å². The molecule has 1 fully saturated rings. The van der Waals surface area contributed by atoms with Crippen LogP contribution in [0.15, 0.2) is 46.5 Å². The Morgan fingerprint density at radius 2 is 1.82 bits per heavy atom. The Morgan fingerprint density at radius 1 is 1.13 bits per heavy atom. The fraction of sp³-hybridized carbons (Fsp3) is 0.474. The smallest absolute Gasteiger partial charge is 0.389 e. The number of benzene rings is 1. The van der Waals surface area contributed by atoms with Crippen LogP contribution in [0.5, 0.6) is 0 Å². The molecule has 1 aliphatic heterocycles. The largest absolute Gasteiger partial charge is 0.416 e. The van der Waals surface area contributed by atoms with Gasteiger partial charge in [0, 0.05) is 19.3 Å². The maximum Gasteiger partial charge on any atom is 0.416 e. The van der Waals surface area contributed by atoms with E-state index in [9.17, 15) is 42.2 Å². The minimum atomic E-state index is -4.89. The molecular weight excluding hydrogens is 565 g/mol. The van der Waals surface area contributed by atoms with Gasteiger partial charge in [0.15, 0.2) is 17.6 Å². The second-order valence-corrected chi connectivity index (χ2v) is 12.3. The van der Waals surface area contributed by atoms with Crippen molar-refractivity contribution in [1.82, 2.24) is 9.13 Å². The third-order valence-electron chi connectivity index (χ3n) is 5.29. The van der Waals surface area contributed by atoms with Crippen LogP contribution in [0, 0.1) is 0 Å². The highest BCUT2D eigenvalue weighted by Gasteiger charge is 2.45. The quantitative estimate of drug-likeness (QED) is 0.197. The van der Waals surface area contributed by atoms with Crippen LogP contribution in [0.3, 0.4) is 0 Å². The summed E-state index contributed by atoms with van der Waals surface area (Å²) in [7, 11) is -8.38. The van der Waals surface area contributed by atoms with E-state index in [1.54, 1.807) is 0 Å². The van der Waals surface area contributed by atoms with Crippen molar-refractivity contribution in [3.05, 3.63) is 63.6 Å². The van der Waals surface area contributed by atoms with Crippen molar-refractivity contribution in [2.45, 2.75) is 37.3 Å². The number of rotatable bonds is 9. The minimum absolute atomic E-state index is 0.0511. The summed E-state index contributed by atoms with van der Waals surface area (Å²) in [4.78, 5) is 45.1. The first-order chi connectivity index (χ1) is 17.5. The second-order valence-electron chi connectivity index (χ2n) is 8.27.